The van der Waals surface area contributed by atoms with E-state index in [4.69, 9.17) is 4.74 Å². The molecule has 3 nitrogen and oxygen atoms in total. The van der Waals surface area contributed by atoms with E-state index in [-0.39, 0.29) is 5.97 Å². The third kappa shape index (κ3) is 3.74. The molecule has 0 atom stereocenters. The smallest absolute Gasteiger partial charge is 0.348 e. The quantitative estimate of drug-likeness (QED) is 0.473. The number of aromatic nitrogens is 1. The van der Waals surface area contributed by atoms with Gasteiger partial charge in [-0.15, -0.1) is 11.3 Å². The Balaban J connectivity index is 1.81. The Hall–Kier alpha value is -2.46. The molecule has 3 aromatic rings. The highest BCUT2D eigenvalue weighted by Crippen LogP contribution is 2.43. The number of hydrogen-bond acceptors (Lipinski definition) is 4. The minimum Gasteiger partial charge on any atom is -0.465 e. The van der Waals surface area contributed by atoms with Gasteiger partial charge in [-0.1, -0.05) is 50.1 Å². The van der Waals surface area contributed by atoms with E-state index in [0.29, 0.717) is 10.8 Å². The van der Waals surface area contributed by atoms with Gasteiger partial charge in [0.15, 0.2) is 0 Å². The molecule has 1 saturated carbocycles. The summed E-state index contributed by atoms with van der Waals surface area (Å²) in [4.78, 5) is 18.7. The molecular weight excluding hydrogens is 366 g/mol. The van der Waals surface area contributed by atoms with E-state index in [2.05, 4.69) is 36.2 Å². The number of carbonyl (C=O) groups is 1. The fourth-order valence-corrected chi connectivity index (χ4v) is 5.23. The topological polar surface area (TPSA) is 39.2 Å². The van der Waals surface area contributed by atoms with Crippen molar-refractivity contribution in [1.29, 1.82) is 0 Å². The molecule has 0 bridgehead atoms. The standard InChI is InChI=1S/C24H25NO2S/c1-16-8-10-17(11-9-16)19-12-13-25-15-21(19)20-14-22(18-6-4-3-5-7-18)28-23(20)24(26)27-2/h3-7,12-17H,8-11H2,1-2H3. The Morgan fingerprint density at radius 3 is 2.54 bits per heavy atom. The summed E-state index contributed by atoms with van der Waals surface area (Å²) in [5, 5.41) is 0. The number of hydrogen-bond donors (Lipinski definition) is 0. The predicted octanol–water partition coefficient (Wildman–Crippen LogP) is 6.56. The maximum Gasteiger partial charge on any atom is 0.348 e. The number of thiophene rings is 1. The first-order valence-corrected chi connectivity index (χ1v) is 10.7. The number of carbonyl (C=O) groups excluding carboxylic acids is 1. The largest absolute Gasteiger partial charge is 0.465 e. The summed E-state index contributed by atoms with van der Waals surface area (Å²) in [6.07, 6.45) is 8.70. The minimum atomic E-state index is -0.283. The number of ether oxygens (including phenoxy) is 1. The number of esters is 1. The molecule has 1 aliphatic rings. The van der Waals surface area contributed by atoms with Gasteiger partial charge in [-0.2, -0.15) is 0 Å². The molecule has 0 amide bonds. The summed E-state index contributed by atoms with van der Waals surface area (Å²) in [7, 11) is 1.45. The molecule has 1 aromatic carbocycles. The number of benzene rings is 1. The Bertz CT molecular complexity index is 956. The van der Waals surface area contributed by atoms with Crippen LogP contribution in [0.15, 0.2) is 54.9 Å². The minimum absolute atomic E-state index is 0.283. The Kier molecular flexibility index (Phi) is 5.58. The van der Waals surface area contributed by atoms with Gasteiger partial charge in [-0.05, 0) is 47.9 Å². The maximum absolute atomic E-state index is 12.6. The Labute approximate surface area is 170 Å². The van der Waals surface area contributed by atoms with Gasteiger partial charge in [0.1, 0.15) is 4.88 Å². The zero-order chi connectivity index (χ0) is 19.5. The summed E-state index contributed by atoms with van der Waals surface area (Å²) >= 11 is 1.49. The number of methoxy groups -OCH3 is 1. The Morgan fingerprint density at radius 1 is 1.07 bits per heavy atom. The molecular formula is C24H25NO2S. The van der Waals surface area contributed by atoms with Crippen LogP contribution in [0.4, 0.5) is 0 Å². The monoisotopic (exact) mass is 391 g/mol. The maximum atomic E-state index is 12.6. The molecule has 4 rings (SSSR count). The fraction of sp³-hybridized carbons (Fsp3) is 0.333. The second kappa shape index (κ2) is 8.27. The van der Waals surface area contributed by atoms with Crippen LogP contribution in [-0.4, -0.2) is 18.1 Å². The van der Waals surface area contributed by atoms with Crippen LogP contribution >= 0.6 is 11.3 Å². The highest BCUT2D eigenvalue weighted by molar-refractivity contribution is 7.17. The van der Waals surface area contributed by atoms with Crippen molar-refractivity contribution in [3.8, 4) is 21.6 Å². The molecule has 1 fully saturated rings. The third-order valence-corrected chi connectivity index (χ3v) is 6.93. The van der Waals surface area contributed by atoms with E-state index in [9.17, 15) is 4.79 Å². The van der Waals surface area contributed by atoms with E-state index < -0.39 is 0 Å². The first-order valence-electron chi connectivity index (χ1n) is 9.89. The van der Waals surface area contributed by atoms with Gasteiger partial charge >= 0.3 is 5.97 Å². The van der Waals surface area contributed by atoms with Crippen molar-refractivity contribution in [1.82, 2.24) is 4.98 Å². The van der Waals surface area contributed by atoms with Crippen LogP contribution < -0.4 is 0 Å². The van der Waals surface area contributed by atoms with Crippen LogP contribution in [0.2, 0.25) is 0 Å². The van der Waals surface area contributed by atoms with E-state index in [1.807, 2.05) is 30.6 Å². The van der Waals surface area contributed by atoms with Crippen LogP contribution in [0.1, 0.15) is 53.8 Å². The van der Waals surface area contributed by atoms with Gasteiger partial charge < -0.3 is 4.74 Å². The first kappa shape index (κ1) is 18.9. The average Bonchev–Trinajstić information content (AvgIpc) is 3.20. The van der Waals surface area contributed by atoms with Gasteiger partial charge in [0.05, 0.1) is 7.11 Å². The summed E-state index contributed by atoms with van der Waals surface area (Å²) in [6, 6.07) is 14.4. The van der Waals surface area contributed by atoms with Crippen LogP contribution in [0.5, 0.6) is 0 Å². The summed E-state index contributed by atoms with van der Waals surface area (Å²) < 4.78 is 5.10. The normalized spacial score (nSPS) is 19.4. The van der Waals surface area contributed by atoms with Crippen LogP contribution in [0.3, 0.4) is 0 Å². The number of nitrogens with zero attached hydrogens (tertiary/aromatic N) is 1. The highest BCUT2D eigenvalue weighted by atomic mass is 32.1. The lowest BCUT2D eigenvalue weighted by atomic mass is 9.78. The zero-order valence-electron chi connectivity index (χ0n) is 16.4. The van der Waals surface area contributed by atoms with E-state index >= 15 is 0 Å². The predicted molar refractivity (Wildman–Crippen MR) is 115 cm³/mol. The van der Waals surface area contributed by atoms with Crippen molar-refractivity contribution >= 4 is 17.3 Å². The van der Waals surface area contributed by atoms with E-state index in [0.717, 1.165) is 27.5 Å². The van der Waals surface area contributed by atoms with Crippen molar-refractivity contribution in [2.24, 2.45) is 5.92 Å². The lowest BCUT2D eigenvalue weighted by Crippen LogP contribution is -2.12. The molecule has 0 aliphatic heterocycles. The molecule has 4 heteroatoms. The molecule has 1 aliphatic carbocycles. The van der Waals surface area contributed by atoms with E-state index in [1.54, 1.807) is 0 Å². The molecule has 2 aromatic heterocycles. The van der Waals surface area contributed by atoms with Crippen molar-refractivity contribution in [2.45, 2.75) is 38.5 Å². The second-order valence-electron chi connectivity index (χ2n) is 7.63. The van der Waals surface area contributed by atoms with Gasteiger partial charge in [0.2, 0.25) is 0 Å². The van der Waals surface area contributed by atoms with Crippen molar-refractivity contribution < 1.29 is 9.53 Å². The van der Waals surface area contributed by atoms with Gasteiger partial charge in [0.25, 0.3) is 0 Å². The van der Waals surface area contributed by atoms with Crippen LogP contribution in [0.25, 0.3) is 21.6 Å². The third-order valence-electron chi connectivity index (χ3n) is 5.76. The fourth-order valence-electron chi connectivity index (χ4n) is 4.14. The highest BCUT2D eigenvalue weighted by Gasteiger charge is 2.26. The molecule has 144 valence electrons. The second-order valence-corrected chi connectivity index (χ2v) is 8.68. The first-order chi connectivity index (χ1) is 13.7. The molecule has 0 spiro atoms. The van der Waals surface area contributed by atoms with Crippen molar-refractivity contribution in [3.05, 3.63) is 65.3 Å². The van der Waals surface area contributed by atoms with Gasteiger partial charge in [0, 0.05) is 28.4 Å². The molecule has 0 saturated heterocycles. The van der Waals surface area contributed by atoms with Crippen molar-refractivity contribution in [2.75, 3.05) is 7.11 Å². The number of pyridine rings is 1. The lowest BCUT2D eigenvalue weighted by molar-refractivity contribution is 0.0607. The Morgan fingerprint density at radius 2 is 1.82 bits per heavy atom. The van der Waals surface area contributed by atoms with Crippen molar-refractivity contribution in [3.63, 3.8) is 0 Å². The molecule has 0 unspecified atom stereocenters. The summed E-state index contributed by atoms with van der Waals surface area (Å²) in [5.41, 5.74) is 4.43. The summed E-state index contributed by atoms with van der Waals surface area (Å²) in [5.74, 6) is 1.05. The molecule has 2 heterocycles. The number of rotatable bonds is 4. The zero-order valence-corrected chi connectivity index (χ0v) is 17.2. The summed E-state index contributed by atoms with van der Waals surface area (Å²) in [6.45, 7) is 2.34. The molecule has 28 heavy (non-hydrogen) atoms. The van der Waals surface area contributed by atoms with Gasteiger partial charge in [-0.25, -0.2) is 4.79 Å². The van der Waals surface area contributed by atoms with Crippen LogP contribution in [0, 0.1) is 5.92 Å². The van der Waals surface area contributed by atoms with Gasteiger partial charge in [-0.3, -0.25) is 4.98 Å². The lowest BCUT2D eigenvalue weighted by Gasteiger charge is -2.27. The van der Waals surface area contributed by atoms with Crippen LogP contribution in [-0.2, 0) is 4.74 Å². The molecule has 0 N–H and O–H groups in total. The van der Waals surface area contributed by atoms with E-state index in [1.165, 1.54) is 49.7 Å². The average molecular weight is 392 g/mol. The SMILES string of the molecule is COC(=O)c1sc(-c2ccccc2)cc1-c1cnccc1C1CCC(C)CC1. The molecule has 0 radical (unpaired) electrons.